The summed E-state index contributed by atoms with van der Waals surface area (Å²) < 4.78 is 1.70. The molecule has 1 N–H and O–H groups in total. The molecule has 1 unspecified atom stereocenters. The van der Waals surface area contributed by atoms with Gasteiger partial charge in [-0.25, -0.2) is 9.97 Å². The van der Waals surface area contributed by atoms with E-state index in [0.29, 0.717) is 22.2 Å². The second-order valence-electron chi connectivity index (χ2n) is 4.35. The zero-order chi connectivity index (χ0) is 13.3. The second-order valence-corrected chi connectivity index (χ2v) is 4.75. The highest BCUT2D eigenvalue weighted by Crippen LogP contribution is 2.28. The van der Waals surface area contributed by atoms with Gasteiger partial charge in [-0.1, -0.05) is 11.6 Å². The monoisotopic (exact) mass is 266 g/mol. The van der Waals surface area contributed by atoms with E-state index in [0.717, 1.165) is 0 Å². The predicted octanol–water partition coefficient (Wildman–Crippen LogP) is 2.30. The molecule has 18 heavy (non-hydrogen) atoms. The number of hydrogen-bond acceptors (Lipinski definition) is 4. The van der Waals surface area contributed by atoms with E-state index in [1.54, 1.807) is 23.9 Å². The van der Waals surface area contributed by atoms with Gasteiger partial charge >= 0.3 is 0 Å². The molecular weight excluding hydrogens is 252 g/mol. The lowest BCUT2D eigenvalue weighted by Gasteiger charge is -2.16. The number of nitrogens with zero attached hydrogens (tertiary/aromatic N) is 4. The molecule has 2 aromatic rings. The third kappa shape index (κ3) is 2.37. The average molecular weight is 267 g/mol. The fraction of sp³-hybridized carbons (Fsp3) is 0.417. The summed E-state index contributed by atoms with van der Waals surface area (Å²) in [6.07, 6.45) is 2.25. The Morgan fingerprint density at radius 3 is 2.72 bits per heavy atom. The molecule has 0 spiro atoms. The molecule has 0 saturated heterocycles. The van der Waals surface area contributed by atoms with Crippen molar-refractivity contribution in [1.29, 1.82) is 0 Å². The van der Waals surface area contributed by atoms with Crippen molar-refractivity contribution >= 4 is 11.6 Å². The predicted molar refractivity (Wildman–Crippen MR) is 68.5 cm³/mol. The molecule has 0 aliphatic rings. The Morgan fingerprint density at radius 2 is 2.11 bits per heavy atom. The minimum absolute atomic E-state index is 0.116. The number of aliphatic hydroxyl groups excluding tert-OH is 1. The van der Waals surface area contributed by atoms with Crippen LogP contribution in [0.4, 0.5) is 0 Å². The van der Waals surface area contributed by atoms with Crippen LogP contribution in [0.1, 0.15) is 43.2 Å². The van der Waals surface area contributed by atoms with Crippen molar-refractivity contribution in [3.05, 3.63) is 40.7 Å². The van der Waals surface area contributed by atoms with Crippen molar-refractivity contribution < 1.29 is 5.11 Å². The van der Waals surface area contributed by atoms with Crippen LogP contribution in [0.5, 0.6) is 0 Å². The van der Waals surface area contributed by atoms with Gasteiger partial charge in [0.2, 0.25) is 0 Å². The summed E-state index contributed by atoms with van der Waals surface area (Å²) >= 11 is 6.09. The van der Waals surface area contributed by atoms with Crippen LogP contribution >= 0.6 is 11.6 Å². The van der Waals surface area contributed by atoms with Gasteiger partial charge in [-0.2, -0.15) is 5.10 Å². The Morgan fingerprint density at radius 1 is 1.39 bits per heavy atom. The molecule has 0 saturated carbocycles. The molecule has 0 radical (unpaired) electrons. The van der Waals surface area contributed by atoms with Crippen LogP contribution in [0.25, 0.3) is 0 Å². The van der Waals surface area contributed by atoms with E-state index in [2.05, 4.69) is 15.1 Å². The number of aryl methyl sites for hydroxylation is 1. The van der Waals surface area contributed by atoms with Gasteiger partial charge in [-0.15, -0.1) is 0 Å². The molecule has 2 aromatic heterocycles. The first-order valence-electron chi connectivity index (χ1n) is 5.71. The topological polar surface area (TPSA) is 63.8 Å². The third-order valence-corrected chi connectivity index (χ3v) is 2.90. The third-order valence-electron chi connectivity index (χ3n) is 2.61. The van der Waals surface area contributed by atoms with Crippen LogP contribution in [0, 0.1) is 6.92 Å². The first-order valence-corrected chi connectivity index (χ1v) is 6.09. The number of aliphatic hydroxyl groups is 1. The quantitative estimate of drug-likeness (QED) is 0.926. The van der Waals surface area contributed by atoms with E-state index in [1.165, 1.54) is 6.20 Å². The molecule has 5 nitrogen and oxygen atoms in total. The molecular formula is C12H15ClN4O. The lowest BCUT2D eigenvalue weighted by molar-refractivity contribution is 0.200. The molecule has 2 heterocycles. The Balaban J connectivity index is 2.45. The normalized spacial score (nSPS) is 13.0. The van der Waals surface area contributed by atoms with Crippen LogP contribution in [-0.4, -0.2) is 24.9 Å². The van der Waals surface area contributed by atoms with Crippen molar-refractivity contribution in [2.24, 2.45) is 0 Å². The van der Waals surface area contributed by atoms with Gasteiger partial charge in [-0.05, 0) is 26.8 Å². The van der Waals surface area contributed by atoms with Gasteiger partial charge in [0.1, 0.15) is 11.9 Å². The molecule has 0 bridgehead atoms. The maximum Gasteiger partial charge on any atom is 0.139 e. The van der Waals surface area contributed by atoms with Crippen molar-refractivity contribution in [3.8, 4) is 0 Å². The Bertz CT molecular complexity index is 553. The molecule has 2 rings (SSSR count). The fourth-order valence-corrected chi connectivity index (χ4v) is 2.02. The van der Waals surface area contributed by atoms with Crippen LogP contribution in [0.15, 0.2) is 18.5 Å². The number of halogens is 1. The maximum atomic E-state index is 10.4. The van der Waals surface area contributed by atoms with Gasteiger partial charge < -0.3 is 5.11 Å². The summed E-state index contributed by atoms with van der Waals surface area (Å²) in [6, 6.07) is 1.79. The van der Waals surface area contributed by atoms with Gasteiger partial charge in [0, 0.05) is 12.2 Å². The minimum Gasteiger partial charge on any atom is -0.380 e. The van der Waals surface area contributed by atoms with Gasteiger partial charge in [-0.3, -0.25) is 4.68 Å². The zero-order valence-electron chi connectivity index (χ0n) is 10.5. The average Bonchev–Trinajstić information content (AvgIpc) is 2.70. The summed E-state index contributed by atoms with van der Waals surface area (Å²) in [6.45, 7) is 5.73. The van der Waals surface area contributed by atoms with Crippen LogP contribution in [-0.2, 0) is 0 Å². The van der Waals surface area contributed by atoms with Crippen molar-refractivity contribution in [3.63, 3.8) is 0 Å². The molecule has 0 fully saturated rings. The lowest BCUT2D eigenvalue weighted by atomic mass is 10.1. The fourth-order valence-electron chi connectivity index (χ4n) is 1.78. The molecule has 96 valence electrons. The zero-order valence-corrected chi connectivity index (χ0v) is 11.3. The van der Waals surface area contributed by atoms with Crippen LogP contribution < -0.4 is 0 Å². The molecule has 1 atom stereocenters. The first kappa shape index (κ1) is 13.0. The SMILES string of the molecule is Cc1nccc(C(O)c2c(Cl)cnn2C(C)C)n1. The highest BCUT2D eigenvalue weighted by Gasteiger charge is 2.22. The van der Waals surface area contributed by atoms with E-state index in [9.17, 15) is 5.11 Å². The molecule has 0 aliphatic carbocycles. The van der Waals surface area contributed by atoms with E-state index in [4.69, 9.17) is 11.6 Å². The standard InChI is InChI=1S/C12H15ClN4O/c1-7(2)17-11(9(13)6-15-17)12(18)10-4-5-14-8(3)16-10/h4-7,12,18H,1-3H3. The van der Waals surface area contributed by atoms with Crippen molar-refractivity contribution in [2.75, 3.05) is 0 Å². The van der Waals surface area contributed by atoms with E-state index in [1.807, 2.05) is 13.8 Å². The minimum atomic E-state index is -0.899. The summed E-state index contributed by atoms with van der Waals surface area (Å²) in [5.41, 5.74) is 1.08. The summed E-state index contributed by atoms with van der Waals surface area (Å²) in [4.78, 5) is 8.22. The smallest absolute Gasteiger partial charge is 0.139 e. The van der Waals surface area contributed by atoms with Crippen molar-refractivity contribution in [1.82, 2.24) is 19.7 Å². The molecule has 0 aromatic carbocycles. The van der Waals surface area contributed by atoms with Gasteiger partial charge in [0.05, 0.1) is 22.6 Å². The summed E-state index contributed by atoms with van der Waals surface area (Å²) in [5.74, 6) is 0.610. The van der Waals surface area contributed by atoms with E-state index < -0.39 is 6.10 Å². The lowest BCUT2D eigenvalue weighted by Crippen LogP contribution is -2.14. The van der Waals surface area contributed by atoms with Crippen LogP contribution in [0.2, 0.25) is 5.02 Å². The molecule has 6 heteroatoms. The second kappa shape index (κ2) is 5.04. The highest BCUT2D eigenvalue weighted by atomic mass is 35.5. The number of hydrogen-bond donors (Lipinski definition) is 1. The summed E-state index contributed by atoms with van der Waals surface area (Å²) in [5, 5.41) is 15.0. The van der Waals surface area contributed by atoms with E-state index >= 15 is 0 Å². The Hall–Kier alpha value is -1.46. The largest absolute Gasteiger partial charge is 0.380 e. The van der Waals surface area contributed by atoms with Crippen LogP contribution in [0.3, 0.4) is 0 Å². The Labute approximate surface area is 110 Å². The number of rotatable bonds is 3. The molecule has 0 aliphatic heterocycles. The Kier molecular flexibility index (Phi) is 3.63. The van der Waals surface area contributed by atoms with Gasteiger partial charge in [0.15, 0.2) is 0 Å². The van der Waals surface area contributed by atoms with Gasteiger partial charge in [0.25, 0.3) is 0 Å². The summed E-state index contributed by atoms with van der Waals surface area (Å²) in [7, 11) is 0. The highest BCUT2D eigenvalue weighted by molar-refractivity contribution is 6.31. The first-order chi connectivity index (χ1) is 8.50. The van der Waals surface area contributed by atoms with E-state index in [-0.39, 0.29) is 6.04 Å². The number of aromatic nitrogens is 4. The molecule has 0 amide bonds. The van der Waals surface area contributed by atoms with Crippen molar-refractivity contribution in [2.45, 2.75) is 32.9 Å². The maximum absolute atomic E-state index is 10.4.